The quantitative estimate of drug-likeness (QED) is 0.838. The van der Waals surface area contributed by atoms with Crippen LogP contribution >= 0.6 is 12.4 Å². The molecule has 126 valence electrons. The standard InChI is InChI=1S/C18H20N4O.ClH/c1-21-10-15-11-22(18(23)14-7-8-19-20-9-14)12-16(15)17(21)13-5-3-2-4-6-13;/h2-9,15-17H,10-12H2,1H3;1H/t15-,16+,17-;/m0./s1. The first-order valence-electron chi connectivity index (χ1n) is 8.05. The lowest BCUT2D eigenvalue weighted by Gasteiger charge is -2.26. The van der Waals surface area contributed by atoms with Gasteiger partial charge in [0, 0.05) is 31.6 Å². The zero-order valence-corrected chi connectivity index (χ0v) is 14.4. The molecule has 2 fully saturated rings. The van der Waals surface area contributed by atoms with Gasteiger partial charge in [-0.05, 0) is 24.6 Å². The van der Waals surface area contributed by atoms with E-state index in [-0.39, 0.29) is 18.3 Å². The number of nitrogens with zero attached hydrogens (tertiary/aromatic N) is 4. The molecule has 0 N–H and O–H groups in total. The largest absolute Gasteiger partial charge is 0.338 e. The van der Waals surface area contributed by atoms with Gasteiger partial charge in [-0.15, -0.1) is 12.4 Å². The van der Waals surface area contributed by atoms with Gasteiger partial charge in [-0.3, -0.25) is 9.69 Å². The van der Waals surface area contributed by atoms with Gasteiger partial charge < -0.3 is 4.90 Å². The van der Waals surface area contributed by atoms with Gasteiger partial charge in [-0.25, -0.2) is 0 Å². The molecular weight excluding hydrogens is 324 g/mol. The normalized spacial score (nSPS) is 26.0. The van der Waals surface area contributed by atoms with Gasteiger partial charge in [-0.2, -0.15) is 10.2 Å². The van der Waals surface area contributed by atoms with Crippen LogP contribution in [0.25, 0.3) is 0 Å². The number of hydrogen-bond donors (Lipinski definition) is 0. The van der Waals surface area contributed by atoms with Gasteiger partial charge in [0.15, 0.2) is 0 Å². The topological polar surface area (TPSA) is 49.3 Å². The maximum Gasteiger partial charge on any atom is 0.255 e. The van der Waals surface area contributed by atoms with Crippen molar-refractivity contribution in [1.29, 1.82) is 0 Å². The van der Waals surface area contributed by atoms with Crippen molar-refractivity contribution in [2.75, 3.05) is 26.7 Å². The Hall–Kier alpha value is -1.98. The van der Waals surface area contributed by atoms with E-state index >= 15 is 0 Å². The second-order valence-corrected chi connectivity index (χ2v) is 6.56. The summed E-state index contributed by atoms with van der Waals surface area (Å²) < 4.78 is 0. The number of likely N-dealkylation sites (tertiary alicyclic amines) is 2. The zero-order valence-electron chi connectivity index (χ0n) is 13.6. The van der Waals surface area contributed by atoms with Gasteiger partial charge in [-0.1, -0.05) is 30.3 Å². The fraction of sp³-hybridized carbons (Fsp3) is 0.389. The van der Waals surface area contributed by atoms with Crippen LogP contribution in [0.3, 0.4) is 0 Å². The van der Waals surface area contributed by atoms with Crippen molar-refractivity contribution in [1.82, 2.24) is 20.0 Å². The van der Waals surface area contributed by atoms with Gasteiger partial charge in [0.1, 0.15) is 0 Å². The lowest BCUT2D eigenvalue weighted by molar-refractivity contribution is 0.0767. The Balaban J connectivity index is 0.00000169. The number of aromatic nitrogens is 2. The summed E-state index contributed by atoms with van der Waals surface area (Å²) in [6.07, 6.45) is 3.13. The average Bonchev–Trinajstić information content (AvgIpc) is 3.12. The molecule has 1 aromatic carbocycles. The van der Waals surface area contributed by atoms with Crippen LogP contribution in [-0.2, 0) is 0 Å². The maximum absolute atomic E-state index is 12.6. The Morgan fingerprint density at radius 1 is 1.08 bits per heavy atom. The van der Waals surface area contributed by atoms with Crippen LogP contribution in [0.1, 0.15) is 22.0 Å². The van der Waals surface area contributed by atoms with Crippen molar-refractivity contribution < 1.29 is 4.79 Å². The SMILES string of the molecule is CN1C[C@H]2CN(C(=O)c3ccnnc3)C[C@H]2[C@@H]1c1ccccc1.Cl. The molecule has 2 aliphatic rings. The van der Waals surface area contributed by atoms with E-state index in [1.807, 2.05) is 4.90 Å². The molecule has 0 radical (unpaired) electrons. The second-order valence-electron chi connectivity index (χ2n) is 6.56. The Morgan fingerprint density at radius 3 is 2.58 bits per heavy atom. The number of rotatable bonds is 2. The van der Waals surface area contributed by atoms with Crippen LogP contribution in [0.5, 0.6) is 0 Å². The third-order valence-corrected chi connectivity index (χ3v) is 5.15. The summed E-state index contributed by atoms with van der Waals surface area (Å²) in [5.41, 5.74) is 1.98. The molecule has 5 nitrogen and oxygen atoms in total. The van der Waals surface area contributed by atoms with Crippen LogP contribution in [0.2, 0.25) is 0 Å². The van der Waals surface area contributed by atoms with Gasteiger partial charge in [0.05, 0.1) is 18.0 Å². The molecule has 6 heteroatoms. The Morgan fingerprint density at radius 2 is 1.88 bits per heavy atom. The number of amides is 1. The summed E-state index contributed by atoms with van der Waals surface area (Å²) in [7, 11) is 2.19. The summed E-state index contributed by atoms with van der Waals surface area (Å²) in [5, 5.41) is 7.56. The smallest absolute Gasteiger partial charge is 0.255 e. The lowest BCUT2D eigenvalue weighted by atomic mass is 9.90. The van der Waals surface area contributed by atoms with Crippen LogP contribution in [0.4, 0.5) is 0 Å². The van der Waals surface area contributed by atoms with Crippen molar-refractivity contribution in [3.05, 3.63) is 59.9 Å². The van der Waals surface area contributed by atoms with Gasteiger partial charge in [0.25, 0.3) is 5.91 Å². The van der Waals surface area contributed by atoms with Gasteiger partial charge in [0.2, 0.25) is 0 Å². The second kappa shape index (κ2) is 6.87. The first-order valence-corrected chi connectivity index (χ1v) is 8.05. The molecule has 2 aromatic rings. The first kappa shape index (κ1) is 16.9. The summed E-state index contributed by atoms with van der Waals surface area (Å²) in [5.74, 6) is 1.12. The molecule has 1 aromatic heterocycles. The summed E-state index contributed by atoms with van der Waals surface area (Å²) in [6.45, 7) is 2.69. The average molecular weight is 345 g/mol. The summed E-state index contributed by atoms with van der Waals surface area (Å²) in [6, 6.07) is 12.8. The van der Waals surface area contributed by atoms with E-state index in [1.165, 1.54) is 5.56 Å². The summed E-state index contributed by atoms with van der Waals surface area (Å²) >= 11 is 0. The number of fused-ring (bicyclic) bond motifs is 1. The molecule has 0 unspecified atom stereocenters. The molecule has 1 amide bonds. The molecule has 4 rings (SSSR count). The molecule has 0 bridgehead atoms. The Kier molecular flexibility index (Phi) is 4.83. The molecule has 3 atom stereocenters. The molecule has 2 saturated heterocycles. The first-order chi connectivity index (χ1) is 11.2. The van der Waals surface area contributed by atoms with Crippen LogP contribution in [0, 0.1) is 11.8 Å². The molecule has 0 aliphatic carbocycles. The number of carbonyl (C=O) groups excluding carboxylic acids is 1. The van der Waals surface area contributed by atoms with E-state index in [4.69, 9.17) is 0 Å². The maximum atomic E-state index is 12.6. The molecule has 2 aliphatic heterocycles. The van der Waals surface area contributed by atoms with Crippen molar-refractivity contribution in [3.63, 3.8) is 0 Å². The van der Waals surface area contributed by atoms with E-state index in [1.54, 1.807) is 18.5 Å². The monoisotopic (exact) mass is 344 g/mol. The van der Waals surface area contributed by atoms with E-state index in [0.717, 1.165) is 19.6 Å². The van der Waals surface area contributed by atoms with Crippen molar-refractivity contribution in [2.24, 2.45) is 11.8 Å². The minimum absolute atomic E-state index is 0. The third-order valence-electron chi connectivity index (χ3n) is 5.15. The van der Waals surface area contributed by atoms with E-state index in [2.05, 4.69) is 52.5 Å². The highest BCUT2D eigenvalue weighted by molar-refractivity contribution is 5.94. The van der Waals surface area contributed by atoms with Crippen LogP contribution < -0.4 is 0 Å². The molecular formula is C18H21ClN4O. The highest BCUT2D eigenvalue weighted by Gasteiger charge is 2.47. The predicted molar refractivity (Wildman–Crippen MR) is 94.0 cm³/mol. The Labute approximate surface area is 148 Å². The number of halogens is 1. The highest BCUT2D eigenvalue weighted by atomic mass is 35.5. The minimum Gasteiger partial charge on any atom is -0.338 e. The van der Waals surface area contributed by atoms with Crippen molar-refractivity contribution in [3.8, 4) is 0 Å². The summed E-state index contributed by atoms with van der Waals surface area (Å²) in [4.78, 5) is 17.1. The minimum atomic E-state index is 0. The number of carbonyl (C=O) groups is 1. The van der Waals surface area contributed by atoms with E-state index < -0.39 is 0 Å². The fourth-order valence-electron chi connectivity index (χ4n) is 4.18. The lowest BCUT2D eigenvalue weighted by Crippen LogP contribution is -2.33. The molecule has 24 heavy (non-hydrogen) atoms. The predicted octanol–water partition coefficient (Wildman–Crippen LogP) is 2.27. The van der Waals surface area contributed by atoms with Crippen molar-refractivity contribution >= 4 is 18.3 Å². The fourth-order valence-corrected chi connectivity index (χ4v) is 4.18. The zero-order chi connectivity index (χ0) is 15.8. The number of hydrogen-bond acceptors (Lipinski definition) is 4. The van der Waals surface area contributed by atoms with Gasteiger partial charge >= 0.3 is 0 Å². The molecule has 0 spiro atoms. The van der Waals surface area contributed by atoms with E-state index in [9.17, 15) is 4.79 Å². The van der Waals surface area contributed by atoms with Crippen LogP contribution in [-0.4, -0.2) is 52.6 Å². The highest BCUT2D eigenvalue weighted by Crippen LogP contribution is 2.44. The van der Waals surface area contributed by atoms with Crippen molar-refractivity contribution in [2.45, 2.75) is 6.04 Å². The third kappa shape index (κ3) is 2.89. The molecule has 3 heterocycles. The van der Waals surface area contributed by atoms with Crippen LogP contribution in [0.15, 0.2) is 48.8 Å². The molecule has 0 saturated carbocycles. The number of benzene rings is 1. The Bertz CT molecular complexity index is 697. The van der Waals surface area contributed by atoms with E-state index in [0.29, 0.717) is 23.4 Å².